The van der Waals surface area contributed by atoms with Crippen LogP contribution in [0.25, 0.3) is 0 Å². The van der Waals surface area contributed by atoms with Gasteiger partial charge in [0.05, 0.1) is 26.4 Å². The van der Waals surface area contributed by atoms with E-state index in [-0.39, 0.29) is 39.9 Å². The molecule has 2 fully saturated rings. The number of piperazine rings is 1. The monoisotopic (exact) mass is 609 g/mol. The number of likely N-dealkylation sites (N-methyl/N-ethyl adjacent to an activating group) is 1. The molecule has 2 aliphatic rings. The lowest BCUT2D eigenvalue weighted by Crippen LogP contribution is -2.45. The lowest BCUT2D eigenvalue weighted by Gasteiger charge is -2.25. The second-order valence-electron chi connectivity index (χ2n) is 10.8. The summed E-state index contributed by atoms with van der Waals surface area (Å²) >= 11 is 0. The normalized spacial score (nSPS) is 13.9. The number of hydrogen-bond donors (Lipinski definition) is 2. The standard InChI is InChI=1S/C7H15NO.C6H12N2O.C6H14.C5H12N2O.C5H11NO.3CH4/c1-2-3-8-4-6-9-7-5-8;1-6(9)8-4-2-7-3-5-8;1-4-5-6(2)3;1-5(8)6-4-7(2)3;1-5(7)4-6(2)3;;;/h2-7H2,1H3;7H,2-5H2,1H3;6H,4-5H2,1-3H3;4H2,1-3H3,(H,6,8);4H2,1-3H3;3*1H4. The summed E-state index contributed by atoms with van der Waals surface area (Å²) in [5.41, 5.74) is 0. The van der Waals surface area contributed by atoms with Crippen molar-refractivity contribution in [2.45, 2.75) is 90.0 Å². The Balaban J connectivity index is -0.0000000955. The van der Waals surface area contributed by atoms with E-state index in [1.165, 1.54) is 32.7 Å². The third-order valence-corrected chi connectivity index (χ3v) is 5.26. The summed E-state index contributed by atoms with van der Waals surface area (Å²) in [6.45, 7) is 23.8. The van der Waals surface area contributed by atoms with Gasteiger partial charge in [0.2, 0.25) is 11.8 Å². The molecule has 2 saturated heterocycles. The number of rotatable bonds is 8. The van der Waals surface area contributed by atoms with Crippen molar-refractivity contribution < 1.29 is 19.1 Å². The van der Waals surface area contributed by atoms with Gasteiger partial charge in [-0.2, -0.15) is 0 Å². The van der Waals surface area contributed by atoms with Crippen LogP contribution in [-0.4, -0.2) is 138 Å². The Kier molecular flexibility index (Phi) is 47.2. The Bertz CT molecular complexity index is 575. The molecule has 0 aromatic heterocycles. The third-order valence-electron chi connectivity index (χ3n) is 5.26. The van der Waals surface area contributed by atoms with Crippen LogP contribution in [0.2, 0.25) is 0 Å². The molecule has 0 aromatic carbocycles. The SMILES string of the molecule is C.C.C.CC(=O)CN(C)C.CC(=O)N1CCNCC1.CC(=O)NCN(C)C.CCCC(C)C.CCCN1CCOCC1. The average Bonchev–Trinajstić information content (AvgIpc) is 2.85. The van der Waals surface area contributed by atoms with Crippen LogP contribution in [0.5, 0.6) is 0 Å². The highest BCUT2D eigenvalue weighted by molar-refractivity contribution is 5.77. The fraction of sp³-hybridized carbons (Fsp3) is 0.906. The zero-order valence-corrected chi connectivity index (χ0v) is 27.4. The number of amides is 2. The van der Waals surface area contributed by atoms with E-state index in [1.807, 2.05) is 42.9 Å². The van der Waals surface area contributed by atoms with E-state index in [0.717, 1.165) is 58.4 Å². The van der Waals surface area contributed by atoms with Gasteiger partial charge in [-0.1, -0.05) is 62.8 Å². The van der Waals surface area contributed by atoms with Gasteiger partial charge in [-0.25, -0.2) is 0 Å². The molecule has 2 aliphatic heterocycles. The van der Waals surface area contributed by atoms with Gasteiger partial charge in [-0.3, -0.25) is 24.2 Å². The Labute approximate surface area is 263 Å². The third kappa shape index (κ3) is 48.2. The second kappa shape index (κ2) is 37.4. The minimum Gasteiger partial charge on any atom is -0.379 e. The van der Waals surface area contributed by atoms with Gasteiger partial charge in [0, 0.05) is 53.1 Å². The maximum Gasteiger partial charge on any atom is 0.219 e. The van der Waals surface area contributed by atoms with Crippen molar-refractivity contribution in [1.82, 2.24) is 30.2 Å². The van der Waals surface area contributed by atoms with Crippen molar-refractivity contribution in [3.05, 3.63) is 0 Å². The Morgan fingerprint density at radius 3 is 1.55 bits per heavy atom. The van der Waals surface area contributed by atoms with Crippen molar-refractivity contribution >= 4 is 17.6 Å². The van der Waals surface area contributed by atoms with Crippen LogP contribution < -0.4 is 10.6 Å². The van der Waals surface area contributed by atoms with Crippen molar-refractivity contribution in [2.75, 3.05) is 100 Å². The predicted molar refractivity (Wildman–Crippen MR) is 184 cm³/mol. The first kappa shape index (κ1) is 53.0. The molecule has 0 unspecified atom stereocenters. The molecular formula is C32H76N6O4. The van der Waals surface area contributed by atoms with E-state index < -0.39 is 0 Å². The Morgan fingerprint density at radius 1 is 0.833 bits per heavy atom. The number of carbonyl (C=O) groups is 3. The van der Waals surface area contributed by atoms with E-state index in [1.54, 1.807) is 13.8 Å². The van der Waals surface area contributed by atoms with Crippen LogP contribution in [0.4, 0.5) is 0 Å². The number of nitrogens with one attached hydrogen (secondary N) is 2. The summed E-state index contributed by atoms with van der Waals surface area (Å²) in [7, 11) is 7.55. The summed E-state index contributed by atoms with van der Waals surface area (Å²) < 4.78 is 5.20. The van der Waals surface area contributed by atoms with Gasteiger partial charge < -0.3 is 25.2 Å². The van der Waals surface area contributed by atoms with Gasteiger partial charge in [0.1, 0.15) is 5.78 Å². The molecule has 10 heteroatoms. The van der Waals surface area contributed by atoms with Crippen molar-refractivity contribution in [2.24, 2.45) is 5.92 Å². The van der Waals surface area contributed by atoms with Gasteiger partial charge in [0.15, 0.2) is 0 Å². The highest BCUT2D eigenvalue weighted by Gasteiger charge is 2.10. The van der Waals surface area contributed by atoms with Crippen LogP contribution in [0.1, 0.15) is 90.0 Å². The number of ether oxygens (including phenoxy) is 1. The Morgan fingerprint density at radius 2 is 1.33 bits per heavy atom. The average molecular weight is 609 g/mol. The Hall–Kier alpha value is -1.59. The van der Waals surface area contributed by atoms with E-state index in [0.29, 0.717) is 13.2 Å². The first-order valence-electron chi connectivity index (χ1n) is 14.6. The van der Waals surface area contributed by atoms with Gasteiger partial charge >= 0.3 is 0 Å². The molecule has 0 aliphatic carbocycles. The lowest BCUT2D eigenvalue weighted by atomic mass is 10.1. The van der Waals surface area contributed by atoms with Crippen LogP contribution in [-0.2, 0) is 19.1 Å². The molecule has 2 amide bonds. The van der Waals surface area contributed by atoms with Gasteiger partial charge in [-0.05, 0) is 54.0 Å². The molecular weight excluding hydrogens is 532 g/mol. The maximum absolute atomic E-state index is 10.7. The van der Waals surface area contributed by atoms with Gasteiger partial charge in [0.25, 0.3) is 0 Å². The van der Waals surface area contributed by atoms with Crippen molar-refractivity contribution in [3.8, 4) is 0 Å². The van der Waals surface area contributed by atoms with E-state index in [9.17, 15) is 14.4 Å². The zero-order chi connectivity index (χ0) is 30.6. The largest absolute Gasteiger partial charge is 0.379 e. The smallest absolute Gasteiger partial charge is 0.219 e. The van der Waals surface area contributed by atoms with Crippen LogP contribution in [0, 0.1) is 5.92 Å². The molecule has 2 heterocycles. The topological polar surface area (TPSA) is 97.5 Å². The molecule has 42 heavy (non-hydrogen) atoms. The van der Waals surface area contributed by atoms with Crippen molar-refractivity contribution in [3.63, 3.8) is 0 Å². The minimum absolute atomic E-state index is 0. The van der Waals surface area contributed by atoms with Crippen molar-refractivity contribution in [1.29, 1.82) is 0 Å². The van der Waals surface area contributed by atoms with E-state index >= 15 is 0 Å². The molecule has 0 atom stereocenters. The zero-order valence-electron chi connectivity index (χ0n) is 27.4. The molecule has 0 aromatic rings. The quantitative estimate of drug-likeness (QED) is 0.394. The van der Waals surface area contributed by atoms with E-state index in [2.05, 4.69) is 43.2 Å². The van der Waals surface area contributed by atoms with Crippen LogP contribution in [0.3, 0.4) is 0 Å². The van der Waals surface area contributed by atoms with Crippen LogP contribution >= 0.6 is 0 Å². The fourth-order valence-electron chi connectivity index (χ4n) is 3.41. The van der Waals surface area contributed by atoms with Gasteiger partial charge in [-0.15, -0.1) is 0 Å². The lowest BCUT2D eigenvalue weighted by molar-refractivity contribution is -0.129. The molecule has 0 saturated carbocycles. The fourth-order valence-corrected chi connectivity index (χ4v) is 3.41. The molecule has 2 rings (SSSR count). The first-order valence-corrected chi connectivity index (χ1v) is 14.6. The summed E-state index contributed by atoms with van der Waals surface area (Å²) in [4.78, 5) is 39.2. The molecule has 2 N–H and O–H groups in total. The number of ketones is 1. The summed E-state index contributed by atoms with van der Waals surface area (Å²) in [6.07, 6.45) is 3.97. The second-order valence-corrected chi connectivity index (χ2v) is 10.8. The molecule has 0 bridgehead atoms. The summed E-state index contributed by atoms with van der Waals surface area (Å²) in [5, 5.41) is 5.81. The molecule has 0 spiro atoms. The number of Topliss-reactive ketones (excluding diaryl/α,β-unsaturated/α-hetero) is 1. The minimum atomic E-state index is 0. The predicted octanol–water partition coefficient (Wildman–Crippen LogP) is 4.30. The highest BCUT2D eigenvalue weighted by Crippen LogP contribution is 2.00. The molecule has 10 nitrogen and oxygen atoms in total. The summed E-state index contributed by atoms with van der Waals surface area (Å²) in [5.74, 6) is 1.32. The summed E-state index contributed by atoms with van der Waals surface area (Å²) in [6, 6.07) is 0. The highest BCUT2D eigenvalue weighted by atomic mass is 16.5. The number of carbonyl (C=O) groups excluding carboxylic acids is 3. The number of hydrogen-bond acceptors (Lipinski definition) is 8. The number of morpholine rings is 1. The molecule has 0 radical (unpaired) electrons. The number of nitrogens with zero attached hydrogens (tertiary/aromatic N) is 4. The molecule has 258 valence electrons. The van der Waals surface area contributed by atoms with Crippen LogP contribution in [0.15, 0.2) is 0 Å². The van der Waals surface area contributed by atoms with E-state index in [4.69, 9.17) is 4.74 Å². The maximum atomic E-state index is 10.7. The first-order chi connectivity index (χ1) is 18.3.